The Labute approximate surface area is 62.9 Å². The number of rotatable bonds is 1. The lowest BCUT2D eigenvalue weighted by molar-refractivity contribution is 0.257. The molecule has 0 unspecified atom stereocenters. The van der Waals surface area contributed by atoms with Crippen molar-refractivity contribution < 1.29 is 0 Å². The van der Waals surface area contributed by atoms with Crippen LogP contribution in [0.4, 0.5) is 0 Å². The lowest BCUT2D eigenvalue weighted by Crippen LogP contribution is -2.31. The minimum atomic E-state index is 0.612. The van der Waals surface area contributed by atoms with Gasteiger partial charge in [0.1, 0.15) is 0 Å². The van der Waals surface area contributed by atoms with Gasteiger partial charge >= 0.3 is 0 Å². The van der Waals surface area contributed by atoms with Crippen LogP contribution < -0.4 is 0 Å². The smallest absolute Gasteiger partial charge is 0.0519 e. The summed E-state index contributed by atoms with van der Waals surface area (Å²) in [6, 6.07) is 0.612. The van der Waals surface area contributed by atoms with Gasteiger partial charge in [0.2, 0.25) is 0 Å². The first-order valence-electron chi connectivity index (χ1n) is 3.99. The van der Waals surface area contributed by atoms with E-state index >= 15 is 0 Å². The molecule has 1 fully saturated rings. The highest BCUT2D eigenvalue weighted by molar-refractivity contribution is 5.53. The Morgan fingerprint density at radius 1 is 1.40 bits per heavy atom. The summed E-state index contributed by atoms with van der Waals surface area (Å²) in [5.74, 6) is 0. The van der Waals surface area contributed by atoms with Crippen LogP contribution in [0.3, 0.4) is 0 Å². The fraction of sp³-hybridized carbons (Fsp3) is 0.875. The van der Waals surface area contributed by atoms with Crippen LogP contribution in [0.25, 0.3) is 0 Å². The van der Waals surface area contributed by atoms with Gasteiger partial charge in [0, 0.05) is 0 Å². The van der Waals surface area contributed by atoms with Crippen LogP contribution in [0, 0.1) is 0 Å². The van der Waals surface area contributed by atoms with E-state index in [4.69, 9.17) is 0 Å². The molecule has 0 saturated carbocycles. The summed E-state index contributed by atoms with van der Waals surface area (Å²) in [5, 5.41) is 0. The Bertz CT molecular complexity index is 112. The Hall–Kier alpha value is -0.370. The molecule has 1 saturated heterocycles. The van der Waals surface area contributed by atoms with E-state index in [-0.39, 0.29) is 0 Å². The van der Waals surface area contributed by atoms with Crippen molar-refractivity contribution in [1.82, 2.24) is 4.90 Å². The monoisotopic (exact) mass is 140 g/mol. The van der Waals surface area contributed by atoms with Crippen molar-refractivity contribution in [3.63, 3.8) is 0 Å². The molecule has 2 nitrogen and oxygen atoms in total. The first-order chi connectivity index (χ1) is 4.83. The number of aliphatic imine (C=N–C) groups is 1. The third-order valence-electron chi connectivity index (χ3n) is 2.05. The van der Waals surface area contributed by atoms with E-state index in [2.05, 4.69) is 16.9 Å². The van der Waals surface area contributed by atoms with E-state index in [0.717, 1.165) is 0 Å². The van der Waals surface area contributed by atoms with Crippen molar-refractivity contribution >= 4 is 6.21 Å². The quantitative estimate of drug-likeness (QED) is 0.499. The van der Waals surface area contributed by atoms with E-state index in [0.29, 0.717) is 6.04 Å². The van der Waals surface area contributed by atoms with Gasteiger partial charge in [-0.2, -0.15) is 0 Å². The Morgan fingerprint density at radius 3 is 2.50 bits per heavy atom. The fourth-order valence-corrected chi connectivity index (χ4v) is 1.35. The van der Waals surface area contributed by atoms with Gasteiger partial charge in [0.15, 0.2) is 0 Å². The van der Waals surface area contributed by atoms with E-state index in [1.807, 2.05) is 13.1 Å². The second kappa shape index (κ2) is 3.71. The van der Waals surface area contributed by atoms with Gasteiger partial charge in [0.05, 0.1) is 6.04 Å². The van der Waals surface area contributed by atoms with Gasteiger partial charge in [0.25, 0.3) is 0 Å². The third kappa shape index (κ3) is 2.10. The van der Waals surface area contributed by atoms with Crippen LogP contribution in [0.2, 0.25) is 0 Å². The number of likely N-dealkylation sites (tertiary alicyclic amines) is 1. The van der Waals surface area contributed by atoms with Crippen LogP contribution in [-0.2, 0) is 0 Å². The molecule has 0 spiro atoms. The highest BCUT2D eigenvalue weighted by atomic mass is 15.1. The van der Waals surface area contributed by atoms with Gasteiger partial charge in [-0.15, -0.1) is 0 Å². The molecule has 0 atom stereocenters. The van der Waals surface area contributed by atoms with E-state index in [9.17, 15) is 0 Å². The summed E-state index contributed by atoms with van der Waals surface area (Å²) in [7, 11) is 2.17. The average Bonchev–Trinajstić information content (AvgIpc) is 1.95. The topological polar surface area (TPSA) is 15.6 Å². The molecule has 58 valence electrons. The fourth-order valence-electron chi connectivity index (χ4n) is 1.35. The SMILES string of the molecule is CC=NC1CCN(C)CC1. The first-order valence-corrected chi connectivity index (χ1v) is 3.99. The maximum absolute atomic E-state index is 4.37. The van der Waals surface area contributed by atoms with Crippen molar-refractivity contribution in [3.8, 4) is 0 Å². The summed E-state index contributed by atoms with van der Waals surface area (Å²) in [4.78, 5) is 6.73. The maximum Gasteiger partial charge on any atom is 0.0519 e. The number of nitrogens with zero attached hydrogens (tertiary/aromatic N) is 2. The molecule has 0 aromatic heterocycles. The molecule has 2 heteroatoms. The lowest BCUT2D eigenvalue weighted by atomic mass is 10.1. The van der Waals surface area contributed by atoms with Crippen molar-refractivity contribution in [1.29, 1.82) is 0 Å². The first kappa shape index (κ1) is 7.73. The highest BCUT2D eigenvalue weighted by Crippen LogP contribution is 2.10. The van der Waals surface area contributed by atoms with Crippen molar-refractivity contribution in [3.05, 3.63) is 0 Å². The van der Waals surface area contributed by atoms with Crippen LogP contribution >= 0.6 is 0 Å². The zero-order chi connectivity index (χ0) is 7.40. The Balaban J connectivity index is 2.26. The lowest BCUT2D eigenvalue weighted by Gasteiger charge is -2.26. The highest BCUT2D eigenvalue weighted by Gasteiger charge is 2.13. The minimum absolute atomic E-state index is 0.612. The Kier molecular flexibility index (Phi) is 2.87. The molecule has 0 radical (unpaired) electrons. The van der Waals surface area contributed by atoms with Crippen molar-refractivity contribution in [2.24, 2.45) is 4.99 Å². The predicted molar refractivity (Wildman–Crippen MR) is 44.7 cm³/mol. The summed E-state index contributed by atoms with van der Waals surface area (Å²) >= 11 is 0. The molecule has 0 aromatic rings. The molecule has 1 aliphatic rings. The van der Waals surface area contributed by atoms with E-state index in [1.54, 1.807) is 0 Å². The summed E-state index contributed by atoms with van der Waals surface area (Å²) in [5.41, 5.74) is 0. The molecule has 0 bridgehead atoms. The molecule has 0 aliphatic carbocycles. The van der Waals surface area contributed by atoms with Gasteiger partial charge in [-0.3, -0.25) is 4.99 Å². The van der Waals surface area contributed by atoms with Crippen LogP contribution in [0.5, 0.6) is 0 Å². The third-order valence-corrected chi connectivity index (χ3v) is 2.05. The summed E-state index contributed by atoms with van der Waals surface area (Å²) < 4.78 is 0. The molecule has 0 aromatic carbocycles. The molecular weight excluding hydrogens is 124 g/mol. The molecule has 1 aliphatic heterocycles. The molecule has 1 heterocycles. The zero-order valence-electron chi connectivity index (χ0n) is 6.88. The van der Waals surface area contributed by atoms with Gasteiger partial charge in [-0.1, -0.05) is 0 Å². The molecule has 0 amide bonds. The van der Waals surface area contributed by atoms with E-state index in [1.165, 1.54) is 25.9 Å². The average molecular weight is 140 g/mol. The van der Waals surface area contributed by atoms with E-state index < -0.39 is 0 Å². The number of piperidine rings is 1. The van der Waals surface area contributed by atoms with Gasteiger partial charge in [-0.25, -0.2) is 0 Å². The molecule has 10 heavy (non-hydrogen) atoms. The van der Waals surface area contributed by atoms with Crippen molar-refractivity contribution in [2.75, 3.05) is 20.1 Å². The molecular formula is C8H16N2. The zero-order valence-corrected chi connectivity index (χ0v) is 6.88. The van der Waals surface area contributed by atoms with Crippen LogP contribution in [-0.4, -0.2) is 37.3 Å². The normalized spacial score (nSPS) is 24.2. The maximum atomic E-state index is 4.37. The number of hydrogen-bond donors (Lipinski definition) is 0. The van der Waals surface area contributed by atoms with Crippen molar-refractivity contribution in [2.45, 2.75) is 25.8 Å². The minimum Gasteiger partial charge on any atom is -0.306 e. The standard InChI is InChI=1S/C8H16N2/c1-3-9-8-4-6-10(2)7-5-8/h3,8H,4-7H2,1-2H3. The van der Waals surface area contributed by atoms with Gasteiger partial charge < -0.3 is 4.90 Å². The molecule has 1 rings (SSSR count). The largest absolute Gasteiger partial charge is 0.306 e. The predicted octanol–water partition coefficient (Wildman–Crippen LogP) is 1.17. The van der Waals surface area contributed by atoms with Gasteiger partial charge in [-0.05, 0) is 46.1 Å². The Morgan fingerprint density at radius 2 is 2.00 bits per heavy atom. The van der Waals surface area contributed by atoms with Crippen LogP contribution in [0.15, 0.2) is 4.99 Å². The second-order valence-corrected chi connectivity index (χ2v) is 2.94. The summed E-state index contributed by atoms with van der Waals surface area (Å²) in [6.45, 7) is 4.42. The second-order valence-electron chi connectivity index (χ2n) is 2.94. The van der Waals surface area contributed by atoms with Crippen LogP contribution in [0.1, 0.15) is 19.8 Å². The summed E-state index contributed by atoms with van der Waals surface area (Å²) in [6.07, 6.45) is 4.40. The number of hydrogen-bond acceptors (Lipinski definition) is 2. The molecule has 0 N–H and O–H groups in total.